The van der Waals surface area contributed by atoms with Gasteiger partial charge in [-0.3, -0.25) is 9.59 Å². The summed E-state index contributed by atoms with van der Waals surface area (Å²) in [6.45, 7) is 0.232. The van der Waals surface area contributed by atoms with Gasteiger partial charge in [-0.2, -0.15) is 0 Å². The minimum Gasteiger partial charge on any atom is -0.503 e. The minimum atomic E-state index is -0.846. The molecule has 0 saturated carbocycles. The third-order valence-corrected chi connectivity index (χ3v) is 5.82. The van der Waals surface area contributed by atoms with Crippen LogP contribution in [0.25, 0.3) is 0 Å². The van der Waals surface area contributed by atoms with Crippen LogP contribution in [0.2, 0.25) is 0 Å². The molecule has 0 fully saturated rings. The number of nitrogens with zero attached hydrogens (tertiary/aromatic N) is 1. The molecule has 0 radical (unpaired) electrons. The highest BCUT2D eigenvalue weighted by molar-refractivity contribution is 6.15. The standard InChI is InChI=1S/C26H25NO7/c1-31-18-8-5-4-7-17(18)23-22(24(28)20-9-6-14-34-20)25(29)26(30)27(23)13-12-16-10-11-19(32-2)21(15-16)33-3/h4-11,14-15,23,29H,12-13H2,1-3H3/t23-/m0/s1. The van der Waals surface area contributed by atoms with Crippen molar-refractivity contribution in [2.45, 2.75) is 12.5 Å². The summed E-state index contributed by atoms with van der Waals surface area (Å²) in [7, 11) is 4.63. The first-order chi connectivity index (χ1) is 16.5. The lowest BCUT2D eigenvalue weighted by Crippen LogP contribution is -2.33. The first-order valence-corrected chi connectivity index (χ1v) is 10.7. The number of Topliss-reactive ketones (excluding diaryl/α,β-unsaturated/α-hetero) is 1. The normalized spacial score (nSPS) is 15.6. The molecule has 34 heavy (non-hydrogen) atoms. The maximum Gasteiger partial charge on any atom is 0.290 e. The van der Waals surface area contributed by atoms with Gasteiger partial charge >= 0.3 is 0 Å². The van der Waals surface area contributed by atoms with Crippen molar-refractivity contribution >= 4 is 11.7 Å². The van der Waals surface area contributed by atoms with Crippen molar-refractivity contribution in [3.8, 4) is 17.2 Å². The number of carbonyl (C=O) groups is 2. The Morgan fingerprint density at radius 3 is 2.38 bits per heavy atom. The van der Waals surface area contributed by atoms with E-state index in [1.54, 1.807) is 50.6 Å². The Morgan fingerprint density at radius 1 is 0.971 bits per heavy atom. The molecule has 2 heterocycles. The SMILES string of the molecule is COc1ccc(CCN2C(=O)C(O)=C(C(=O)c3ccco3)[C@@H]2c2ccccc2OC)cc1OC. The summed E-state index contributed by atoms with van der Waals surface area (Å²) in [4.78, 5) is 27.9. The maximum atomic E-state index is 13.3. The number of ketones is 1. The second-order valence-electron chi connectivity index (χ2n) is 7.65. The summed E-state index contributed by atoms with van der Waals surface area (Å²) < 4.78 is 21.4. The van der Waals surface area contributed by atoms with Gasteiger partial charge in [-0.1, -0.05) is 24.3 Å². The van der Waals surface area contributed by atoms with E-state index in [2.05, 4.69) is 0 Å². The number of benzene rings is 2. The Hall–Kier alpha value is -4.20. The number of aliphatic hydroxyl groups excluding tert-OH is 1. The Balaban J connectivity index is 1.71. The molecule has 2 aromatic carbocycles. The second-order valence-corrected chi connectivity index (χ2v) is 7.65. The Morgan fingerprint density at radius 2 is 1.71 bits per heavy atom. The summed E-state index contributed by atoms with van der Waals surface area (Å²) in [5, 5.41) is 10.8. The van der Waals surface area contributed by atoms with Crippen molar-refractivity contribution in [3.05, 3.63) is 89.1 Å². The van der Waals surface area contributed by atoms with Crippen LogP contribution in [0.5, 0.6) is 17.2 Å². The zero-order chi connectivity index (χ0) is 24.2. The molecule has 3 aromatic rings. The van der Waals surface area contributed by atoms with Crippen molar-refractivity contribution < 1.29 is 33.3 Å². The largest absolute Gasteiger partial charge is 0.503 e. The molecule has 1 aliphatic rings. The topological polar surface area (TPSA) is 98.4 Å². The van der Waals surface area contributed by atoms with Gasteiger partial charge < -0.3 is 28.6 Å². The van der Waals surface area contributed by atoms with Gasteiger partial charge in [-0.05, 0) is 42.3 Å². The molecule has 4 rings (SSSR count). The number of ether oxygens (including phenoxy) is 3. The van der Waals surface area contributed by atoms with Crippen molar-refractivity contribution in [2.75, 3.05) is 27.9 Å². The first-order valence-electron chi connectivity index (χ1n) is 10.7. The fourth-order valence-corrected chi connectivity index (χ4v) is 4.16. The molecule has 1 aromatic heterocycles. The van der Waals surface area contributed by atoms with Gasteiger partial charge in [-0.25, -0.2) is 0 Å². The number of rotatable bonds is 9. The molecule has 1 atom stereocenters. The van der Waals surface area contributed by atoms with Crippen molar-refractivity contribution in [1.82, 2.24) is 4.90 Å². The van der Waals surface area contributed by atoms with E-state index >= 15 is 0 Å². The van der Waals surface area contributed by atoms with Crippen LogP contribution in [0, 0.1) is 0 Å². The average Bonchev–Trinajstić information content (AvgIpc) is 3.49. The number of furan rings is 1. The van der Waals surface area contributed by atoms with E-state index in [-0.39, 0.29) is 17.9 Å². The van der Waals surface area contributed by atoms with Crippen LogP contribution in [0.3, 0.4) is 0 Å². The van der Waals surface area contributed by atoms with Crippen molar-refractivity contribution in [1.29, 1.82) is 0 Å². The molecule has 1 amide bonds. The summed E-state index contributed by atoms with van der Waals surface area (Å²) in [5.74, 6) is -0.0761. The molecular weight excluding hydrogens is 438 g/mol. The fourth-order valence-electron chi connectivity index (χ4n) is 4.16. The molecule has 0 bridgehead atoms. The molecule has 0 saturated heterocycles. The fraction of sp³-hybridized carbons (Fsp3) is 0.231. The quantitative estimate of drug-likeness (QED) is 0.477. The summed E-state index contributed by atoms with van der Waals surface area (Å²) in [6.07, 6.45) is 1.82. The number of methoxy groups -OCH3 is 3. The Bertz CT molecular complexity index is 1230. The van der Waals surface area contributed by atoms with Gasteiger partial charge in [0, 0.05) is 12.1 Å². The number of amides is 1. The molecule has 0 spiro atoms. The number of aliphatic hydroxyl groups is 1. The van der Waals surface area contributed by atoms with Crippen LogP contribution in [-0.2, 0) is 11.2 Å². The van der Waals surface area contributed by atoms with Crippen LogP contribution >= 0.6 is 0 Å². The van der Waals surface area contributed by atoms with E-state index < -0.39 is 23.5 Å². The molecule has 8 nitrogen and oxygen atoms in total. The predicted molar refractivity (Wildman–Crippen MR) is 123 cm³/mol. The van der Waals surface area contributed by atoms with Crippen molar-refractivity contribution in [2.24, 2.45) is 0 Å². The zero-order valence-electron chi connectivity index (χ0n) is 19.1. The van der Waals surface area contributed by atoms with Crippen LogP contribution in [0.15, 0.2) is 76.6 Å². The molecule has 0 aliphatic carbocycles. The summed E-state index contributed by atoms with van der Waals surface area (Å²) in [6, 6.07) is 14.8. The van der Waals surface area contributed by atoms with Gasteiger partial charge in [-0.15, -0.1) is 0 Å². The minimum absolute atomic E-state index is 0.0380. The van der Waals surface area contributed by atoms with Crippen molar-refractivity contribution in [3.63, 3.8) is 0 Å². The van der Waals surface area contributed by atoms with Crippen LogP contribution in [0.4, 0.5) is 0 Å². The molecular formula is C26H25NO7. The lowest BCUT2D eigenvalue weighted by atomic mass is 9.94. The number of carbonyl (C=O) groups excluding carboxylic acids is 2. The number of hydrogen-bond donors (Lipinski definition) is 1. The van der Waals surface area contributed by atoms with Crippen LogP contribution < -0.4 is 14.2 Å². The summed E-state index contributed by atoms with van der Waals surface area (Å²) in [5.41, 5.74) is 1.44. The summed E-state index contributed by atoms with van der Waals surface area (Å²) >= 11 is 0. The van der Waals surface area contributed by atoms with Gasteiger partial charge in [0.05, 0.1) is 39.2 Å². The van der Waals surface area contributed by atoms with Gasteiger partial charge in [0.1, 0.15) is 5.75 Å². The van der Waals surface area contributed by atoms with E-state index in [1.165, 1.54) is 24.3 Å². The zero-order valence-corrected chi connectivity index (χ0v) is 19.1. The van der Waals surface area contributed by atoms with E-state index in [9.17, 15) is 14.7 Å². The van der Waals surface area contributed by atoms with Gasteiger partial charge in [0.2, 0.25) is 5.78 Å². The predicted octanol–water partition coefficient (Wildman–Crippen LogP) is 4.13. The molecule has 0 unspecified atom stereocenters. The molecule has 1 N–H and O–H groups in total. The smallest absolute Gasteiger partial charge is 0.290 e. The maximum absolute atomic E-state index is 13.3. The van der Waals surface area contributed by atoms with Gasteiger partial charge in [0.25, 0.3) is 5.91 Å². The van der Waals surface area contributed by atoms with Crippen LogP contribution in [-0.4, -0.2) is 49.6 Å². The monoisotopic (exact) mass is 463 g/mol. The van der Waals surface area contributed by atoms with E-state index in [0.717, 1.165) is 5.56 Å². The van der Waals surface area contributed by atoms with E-state index in [4.69, 9.17) is 18.6 Å². The highest BCUT2D eigenvalue weighted by Gasteiger charge is 2.45. The molecule has 1 aliphatic heterocycles. The highest BCUT2D eigenvalue weighted by atomic mass is 16.5. The Kier molecular flexibility index (Phi) is 6.58. The highest BCUT2D eigenvalue weighted by Crippen LogP contribution is 2.42. The third kappa shape index (κ3) is 4.10. The second kappa shape index (κ2) is 9.74. The molecule has 176 valence electrons. The van der Waals surface area contributed by atoms with Crippen LogP contribution in [0.1, 0.15) is 27.7 Å². The van der Waals surface area contributed by atoms with E-state index in [1.807, 2.05) is 12.1 Å². The number of para-hydroxylation sites is 1. The lowest BCUT2D eigenvalue weighted by molar-refractivity contribution is -0.129. The lowest BCUT2D eigenvalue weighted by Gasteiger charge is -2.28. The average molecular weight is 463 g/mol. The van der Waals surface area contributed by atoms with Gasteiger partial charge in [0.15, 0.2) is 23.0 Å². The first kappa shape index (κ1) is 23.0. The number of hydrogen-bond acceptors (Lipinski definition) is 7. The Labute approximate surface area is 197 Å². The third-order valence-electron chi connectivity index (χ3n) is 5.82. The molecule has 8 heteroatoms. The van der Waals surface area contributed by atoms with E-state index in [0.29, 0.717) is 29.2 Å².